The lowest BCUT2D eigenvalue weighted by molar-refractivity contribution is -0.120. The predicted octanol–water partition coefficient (Wildman–Crippen LogP) is 2.71. The molecule has 0 unspecified atom stereocenters. The van der Waals surface area contributed by atoms with Crippen molar-refractivity contribution in [2.24, 2.45) is 5.92 Å². The molecule has 25 heavy (non-hydrogen) atoms. The topological polar surface area (TPSA) is 92.3 Å². The second-order valence-corrected chi connectivity index (χ2v) is 6.81. The van der Waals surface area contributed by atoms with Crippen LogP contribution in [0.4, 0.5) is 5.13 Å². The van der Waals surface area contributed by atoms with Crippen molar-refractivity contribution in [1.82, 2.24) is 15.1 Å². The maximum atomic E-state index is 12.4. The average molecular weight is 358 g/mol. The third kappa shape index (κ3) is 3.30. The molecule has 0 aliphatic carbocycles. The van der Waals surface area contributed by atoms with Gasteiger partial charge in [0.2, 0.25) is 11.0 Å². The fourth-order valence-corrected chi connectivity index (χ4v) is 3.48. The highest BCUT2D eigenvalue weighted by atomic mass is 32.1. The highest BCUT2D eigenvalue weighted by Gasteiger charge is 2.35. The smallest absolute Gasteiger partial charge is 0.261 e. The summed E-state index contributed by atoms with van der Waals surface area (Å²) < 4.78 is 0. The first-order valence-electron chi connectivity index (χ1n) is 8.13. The van der Waals surface area contributed by atoms with Gasteiger partial charge in [-0.25, -0.2) is 0 Å². The fraction of sp³-hybridized carbons (Fsp3) is 0.353. The van der Waals surface area contributed by atoms with Crippen LogP contribution in [0.5, 0.6) is 0 Å². The van der Waals surface area contributed by atoms with Crippen molar-refractivity contribution in [3.8, 4) is 0 Å². The molecule has 0 saturated heterocycles. The minimum atomic E-state index is -0.335. The molecule has 7 nitrogen and oxygen atoms in total. The molecule has 2 aromatic rings. The summed E-state index contributed by atoms with van der Waals surface area (Å²) in [5.74, 6) is -0.825. The summed E-state index contributed by atoms with van der Waals surface area (Å²) in [7, 11) is 0. The summed E-state index contributed by atoms with van der Waals surface area (Å²) in [5, 5.41) is 11.5. The molecule has 2 heterocycles. The Balaban J connectivity index is 1.70. The molecule has 0 bridgehead atoms. The number of carbonyl (C=O) groups excluding carboxylic acids is 3. The van der Waals surface area contributed by atoms with Gasteiger partial charge in [-0.2, -0.15) is 0 Å². The maximum Gasteiger partial charge on any atom is 0.261 e. The van der Waals surface area contributed by atoms with Gasteiger partial charge in [-0.1, -0.05) is 37.3 Å². The van der Waals surface area contributed by atoms with Gasteiger partial charge in [-0.05, 0) is 25.0 Å². The second kappa shape index (κ2) is 7.10. The van der Waals surface area contributed by atoms with Crippen molar-refractivity contribution < 1.29 is 14.4 Å². The van der Waals surface area contributed by atoms with E-state index < -0.39 is 0 Å². The molecule has 0 fully saturated rings. The zero-order chi connectivity index (χ0) is 18.0. The Morgan fingerprint density at radius 2 is 1.72 bits per heavy atom. The molecule has 3 rings (SSSR count). The Hall–Kier alpha value is -2.61. The molecular weight excluding hydrogens is 340 g/mol. The van der Waals surface area contributed by atoms with Crippen molar-refractivity contribution in [2.75, 3.05) is 5.32 Å². The van der Waals surface area contributed by atoms with Crippen LogP contribution in [0.25, 0.3) is 0 Å². The van der Waals surface area contributed by atoms with Crippen molar-refractivity contribution in [1.29, 1.82) is 0 Å². The lowest BCUT2D eigenvalue weighted by Gasteiger charge is -2.11. The molecule has 1 N–H and O–H groups in total. The van der Waals surface area contributed by atoms with Gasteiger partial charge in [0, 0.05) is 5.92 Å². The molecule has 3 amide bonds. The van der Waals surface area contributed by atoms with Crippen LogP contribution < -0.4 is 5.32 Å². The van der Waals surface area contributed by atoms with Crippen LogP contribution in [0.2, 0.25) is 0 Å². The monoisotopic (exact) mass is 358 g/mol. The molecular formula is C17H18N4O3S. The van der Waals surface area contributed by atoms with Gasteiger partial charge in [0.1, 0.15) is 5.01 Å². The van der Waals surface area contributed by atoms with Crippen molar-refractivity contribution >= 4 is 34.2 Å². The molecule has 0 atom stereocenters. The highest BCUT2D eigenvalue weighted by molar-refractivity contribution is 7.15. The van der Waals surface area contributed by atoms with E-state index in [1.807, 2.05) is 13.8 Å². The molecule has 0 saturated carbocycles. The fourth-order valence-electron chi connectivity index (χ4n) is 2.75. The van der Waals surface area contributed by atoms with Gasteiger partial charge in [-0.15, -0.1) is 10.2 Å². The maximum absolute atomic E-state index is 12.4. The van der Waals surface area contributed by atoms with Crippen LogP contribution in [-0.2, 0) is 11.3 Å². The highest BCUT2D eigenvalue weighted by Crippen LogP contribution is 2.26. The number of rotatable bonds is 6. The quantitative estimate of drug-likeness (QED) is 0.802. The number of nitrogens with one attached hydrogen (secondary N) is 1. The molecule has 1 aliphatic heterocycles. The number of fused-ring (bicyclic) bond motifs is 1. The Bertz CT molecular complexity index is 794. The van der Waals surface area contributed by atoms with Gasteiger partial charge in [0.15, 0.2) is 0 Å². The van der Waals surface area contributed by atoms with Crippen molar-refractivity contribution in [3.63, 3.8) is 0 Å². The van der Waals surface area contributed by atoms with Crippen LogP contribution in [-0.4, -0.2) is 32.8 Å². The largest absolute Gasteiger partial charge is 0.300 e. The number of aromatic nitrogens is 2. The van der Waals surface area contributed by atoms with Crippen LogP contribution in [0, 0.1) is 5.92 Å². The lowest BCUT2D eigenvalue weighted by atomic mass is 10.0. The van der Waals surface area contributed by atoms with E-state index in [1.165, 1.54) is 11.3 Å². The molecule has 1 aliphatic rings. The van der Waals surface area contributed by atoms with E-state index in [1.54, 1.807) is 24.3 Å². The van der Waals surface area contributed by atoms with Crippen LogP contribution in [0.3, 0.4) is 0 Å². The standard InChI is InChI=1S/C17H18N4O3S/c1-3-10(4-2)14(22)18-17-20-19-13(25-17)9-21-15(23)11-7-5-6-8-12(11)16(21)24/h5-8,10H,3-4,9H2,1-2H3,(H,18,20,22). The SMILES string of the molecule is CCC(CC)C(=O)Nc1nnc(CN2C(=O)c3ccccc3C2=O)s1. The number of nitrogens with zero attached hydrogens (tertiary/aromatic N) is 3. The van der Waals surface area contributed by atoms with E-state index in [-0.39, 0.29) is 30.2 Å². The average Bonchev–Trinajstić information content (AvgIpc) is 3.15. The van der Waals surface area contributed by atoms with Gasteiger partial charge >= 0.3 is 0 Å². The predicted molar refractivity (Wildman–Crippen MR) is 93.3 cm³/mol. The first kappa shape index (κ1) is 17.2. The van der Waals surface area contributed by atoms with Crippen LogP contribution in [0.1, 0.15) is 52.4 Å². The minimum Gasteiger partial charge on any atom is -0.300 e. The van der Waals surface area contributed by atoms with E-state index in [0.29, 0.717) is 21.3 Å². The molecule has 0 spiro atoms. The summed E-state index contributed by atoms with van der Waals surface area (Å²) >= 11 is 1.17. The van der Waals surface area contributed by atoms with E-state index in [0.717, 1.165) is 17.7 Å². The molecule has 8 heteroatoms. The van der Waals surface area contributed by atoms with E-state index >= 15 is 0 Å². The number of hydrogen-bond acceptors (Lipinski definition) is 6. The second-order valence-electron chi connectivity index (χ2n) is 5.75. The summed E-state index contributed by atoms with van der Waals surface area (Å²) in [6, 6.07) is 6.72. The number of imide groups is 1. The van der Waals surface area contributed by atoms with E-state index in [4.69, 9.17) is 0 Å². The van der Waals surface area contributed by atoms with Crippen molar-refractivity contribution in [3.05, 3.63) is 40.4 Å². The van der Waals surface area contributed by atoms with E-state index in [2.05, 4.69) is 15.5 Å². The summed E-state index contributed by atoms with van der Waals surface area (Å²) in [6.45, 7) is 3.97. The van der Waals surface area contributed by atoms with Crippen molar-refractivity contribution in [2.45, 2.75) is 33.2 Å². The lowest BCUT2D eigenvalue weighted by Crippen LogP contribution is -2.29. The van der Waals surface area contributed by atoms with Gasteiger partial charge in [0.25, 0.3) is 11.8 Å². The first-order valence-corrected chi connectivity index (χ1v) is 8.95. The van der Waals surface area contributed by atoms with E-state index in [9.17, 15) is 14.4 Å². The number of hydrogen-bond donors (Lipinski definition) is 1. The molecule has 130 valence electrons. The Labute approximate surface area is 149 Å². The Morgan fingerprint density at radius 3 is 2.28 bits per heavy atom. The zero-order valence-corrected chi connectivity index (χ0v) is 14.8. The summed E-state index contributed by atoms with van der Waals surface area (Å²) in [6.07, 6.45) is 1.51. The Morgan fingerprint density at radius 1 is 1.12 bits per heavy atom. The van der Waals surface area contributed by atoms with Crippen LogP contribution >= 0.6 is 11.3 Å². The Kier molecular flexibility index (Phi) is 4.89. The van der Waals surface area contributed by atoms with Gasteiger partial charge < -0.3 is 5.32 Å². The molecule has 0 radical (unpaired) electrons. The molecule has 1 aromatic heterocycles. The van der Waals surface area contributed by atoms with Gasteiger partial charge in [-0.3, -0.25) is 19.3 Å². The third-order valence-electron chi connectivity index (χ3n) is 4.22. The number of carbonyl (C=O) groups is 3. The summed E-state index contributed by atoms with van der Waals surface area (Å²) in [5.41, 5.74) is 0.804. The number of benzene rings is 1. The summed E-state index contributed by atoms with van der Waals surface area (Å²) in [4.78, 5) is 38.0. The number of anilines is 1. The van der Waals surface area contributed by atoms with Crippen LogP contribution in [0.15, 0.2) is 24.3 Å². The van der Waals surface area contributed by atoms with Gasteiger partial charge in [0.05, 0.1) is 17.7 Å². The number of amides is 3. The minimum absolute atomic E-state index is 0.0465. The first-order chi connectivity index (χ1) is 12.0. The normalized spacial score (nSPS) is 13.5. The third-order valence-corrected chi connectivity index (χ3v) is 5.05. The molecule has 1 aromatic carbocycles. The zero-order valence-electron chi connectivity index (χ0n) is 14.0.